The second-order valence-corrected chi connectivity index (χ2v) is 5.68. The van der Waals surface area contributed by atoms with Crippen molar-refractivity contribution in [1.82, 2.24) is 5.32 Å². The van der Waals surface area contributed by atoms with Crippen LogP contribution in [0.3, 0.4) is 0 Å². The second kappa shape index (κ2) is 8.20. The third kappa shape index (κ3) is 5.64. The Balaban J connectivity index is 2.42. The summed E-state index contributed by atoms with van der Waals surface area (Å²) in [5.41, 5.74) is 2.14. The van der Waals surface area contributed by atoms with E-state index in [4.69, 9.17) is 0 Å². The van der Waals surface area contributed by atoms with Crippen molar-refractivity contribution < 1.29 is 4.79 Å². The van der Waals surface area contributed by atoms with E-state index < -0.39 is 0 Å². The smallest absolute Gasteiger partial charge is 0.242 e. The van der Waals surface area contributed by atoms with Gasteiger partial charge in [-0.25, -0.2) is 0 Å². The number of anilines is 1. The van der Waals surface area contributed by atoms with E-state index in [1.165, 1.54) is 12.0 Å². The van der Waals surface area contributed by atoms with Crippen LogP contribution in [0.5, 0.6) is 0 Å². The van der Waals surface area contributed by atoms with Crippen LogP contribution in [0.25, 0.3) is 0 Å². The van der Waals surface area contributed by atoms with Crippen LogP contribution in [-0.4, -0.2) is 18.5 Å². The van der Waals surface area contributed by atoms with Gasteiger partial charge in [0.05, 0.1) is 0 Å². The predicted octanol–water partition coefficient (Wildman–Crippen LogP) is 3.86. The number of hydrogen-bond donors (Lipinski definition) is 2. The van der Waals surface area contributed by atoms with Gasteiger partial charge in [-0.05, 0) is 38.0 Å². The Labute approximate surface area is 124 Å². The van der Waals surface area contributed by atoms with Crippen LogP contribution in [0, 0.1) is 6.92 Å². The van der Waals surface area contributed by atoms with Crippen molar-refractivity contribution in [2.45, 2.75) is 46.1 Å². The lowest BCUT2D eigenvalue weighted by Gasteiger charge is -2.16. The molecular formula is C15H23BrN2O. The molecule has 0 fully saturated rings. The normalized spacial score (nSPS) is 12.0. The minimum absolute atomic E-state index is 0.0489. The Morgan fingerprint density at radius 3 is 2.74 bits per heavy atom. The average Bonchev–Trinajstić information content (AvgIpc) is 2.38. The van der Waals surface area contributed by atoms with Gasteiger partial charge in [-0.3, -0.25) is 4.79 Å². The molecule has 0 aliphatic carbocycles. The van der Waals surface area contributed by atoms with E-state index in [9.17, 15) is 4.79 Å². The number of hydrogen-bond acceptors (Lipinski definition) is 2. The number of amides is 1. The zero-order chi connectivity index (χ0) is 14.3. The maximum absolute atomic E-state index is 11.9. The van der Waals surface area contributed by atoms with E-state index in [0.29, 0.717) is 0 Å². The highest BCUT2D eigenvalue weighted by atomic mass is 79.9. The van der Waals surface area contributed by atoms with Gasteiger partial charge in [-0.15, -0.1) is 0 Å². The van der Waals surface area contributed by atoms with Crippen LogP contribution in [0.15, 0.2) is 22.7 Å². The molecule has 0 saturated carbocycles. The van der Waals surface area contributed by atoms with Gasteiger partial charge in [-0.2, -0.15) is 0 Å². The Kier molecular flexibility index (Phi) is 6.92. The van der Waals surface area contributed by atoms with Crippen LogP contribution in [0.4, 0.5) is 5.69 Å². The van der Waals surface area contributed by atoms with Crippen LogP contribution in [0.1, 0.15) is 38.7 Å². The van der Waals surface area contributed by atoms with E-state index >= 15 is 0 Å². The van der Waals surface area contributed by atoms with E-state index in [0.717, 1.165) is 29.5 Å². The summed E-state index contributed by atoms with van der Waals surface area (Å²) < 4.78 is 1.05. The third-order valence-electron chi connectivity index (χ3n) is 3.03. The van der Waals surface area contributed by atoms with Gasteiger partial charge >= 0.3 is 0 Å². The van der Waals surface area contributed by atoms with Gasteiger partial charge in [0.2, 0.25) is 5.91 Å². The summed E-state index contributed by atoms with van der Waals surface area (Å²) >= 11 is 3.49. The SMILES string of the molecule is CCCCCNC(=O)C(C)Nc1ccc(C)c(Br)c1. The Morgan fingerprint density at radius 1 is 1.37 bits per heavy atom. The number of rotatable bonds is 7. The molecule has 1 amide bonds. The molecule has 0 spiro atoms. The van der Waals surface area contributed by atoms with Crippen molar-refractivity contribution in [1.29, 1.82) is 0 Å². The van der Waals surface area contributed by atoms with Gasteiger partial charge < -0.3 is 10.6 Å². The van der Waals surface area contributed by atoms with Crippen LogP contribution in [-0.2, 0) is 4.79 Å². The third-order valence-corrected chi connectivity index (χ3v) is 3.88. The van der Waals surface area contributed by atoms with Crippen molar-refractivity contribution in [3.05, 3.63) is 28.2 Å². The van der Waals surface area contributed by atoms with Gasteiger partial charge in [0.1, 0.15) is 6.04 Å². The predicted molar refractivity (Wildman–Crippen MR) is 84.5 cm³/mol. The van der Waals surface area contributed by atoms with E-state index in [-0.39, 0.29) is 11.9 Å². The summed E-state index contributed by atoms with van der Waals surface area (Å²) in [7, 11) is 0. The molecule has 1 rings (SSSR count). The molecule has 0 saturated heterocycles. The molecule has 1 atom stereocenters. The van der Waals surface area contributed by atoms with Gasteiger partial charge in [0, 0.05) is 16.7 Å². The lowest BCUT2D eigenvalue weighted by atomic mass is 10.2. The number of carbonyl (C=O) groups is 1. The van der Waals surface area contributed by atoms with Crippen molar-refractivity contribution in [3.63, 3.8) is 0 Å². The molecule has 0 radical (unpaired) electrons. The molecule has 106 valence electrons. The van der Waals surface area contributed by atoms with Gasteiger partial charge in [0.15, 0.2) is 0 Å². The largest absolute Gasteiger partial charge is 0.374 e. The zero-order valence-corrected chi connectivity index (χ0v) is 13.5. The quantitative estimate of drug-likeness (QED) is 0.747. The van der Waals surface area contributed by atoms with Gasteiger partial charge in [-0.1, -0.05) is 41.8 Å². The fourth-order valence-electron chi connectivity index (χ4n) is 1.74. The van der Waals surface area contributed by atoms with Crippen LogP contribution in [0.2, 0.25) is 0 Å². The lowest BCUT2D eigenvalue weighted by Crippen LogP contribution is -2.38. The molecule has 4 heteroatoms. The lowest BCUT2D eigenvalue weighted by molar-refractivity contribution is -0.121. The highest BCUT2D eigenvalue weighted by Gasteiger charge is 2.11. The molecule has 1 aromatic rings. The molecular weight excluding hydrogens is 304 g/mol. The number of unbranched alkanes of at least 4 members (excludes halogenated alkanes) is 2. The Morgan fingerprint density at radius 2 is 2.11 bits per heavy atom. The van der Waals surface area contributed by atoms with E-state index in [2.05, 4.69) is 33.5 Å². The topological polar surface area (TPSA) is 41.1 Å². The first-order valence-electron chi connectivity index (χ1n) is 6.85. The molecule has 19 heavy (non-hydrogen) atoms. The highest BCUT2D eigenvalue weighted by Crippen LogP contribution is 2.21. The van der Waals surface area contributed by atoms with Crippen LogP contribution >= 0.6 is 15.9 Å². The summed E-state index contributed by atoms with van der Waals surface area (Å²) in [5.74, 6) is 0.0489. The molecule has 1 aromatic carbocycles. The minimum atomic E-state index is -0.226. The van der Waals surface area contributed by atoms with E-state index in [1.807, 2.05) is 32.0 Å². The Hall–Kier alpha value is -1.03. The summed E-state index contributed by atoms with van der Waals surface area (Å²) in [6, 6.07) is 5.78. The first-order valence-corrected chi connectivity index (χ1v) is 7.64. The molecule has 0 aliphatic heterocycles. The number of benzene rings is 1. The van der Waals surface area contributed by atoms with Crippen molar-refractivity contribution in [2.75, 3.05) is 11.9 Å². The van der Waals surface area contributed by atoms with Crippen molar-refractivity contribution >= 4 is 27.5 Å². The molecule has 0 heterocycles. The molecule has 0 aromatic heterocycles. The van der Waals surface area contributed by atoms with Crippen molar-refractivity contribution in [3.8, 4) is 0 Å². The average molecular weight is 327 g/mol. The van der Waals surface area contributed by atoms with E-state index in [1.54, 1.807) is 0 Å². The fraction of sp³-hybridized carbons (Fsp3) is 0.533. The van der Waals surface area contributed by atoms with Gasteiger partial charge in [0.25, 0.3) is 0 Å². The Bertz CT molecular complexity index is 421. The summed E-state index contributed by atoms with van der Waals surface area (Å²) in [6.45, 7) is 6.83. The molecule has 3 nitrogen and oxygen atoms in total. The summed E-state index contributed by atoms with van der Waals surface area (Å²) in [4.78, 5) is 11.9. The number of nitrogens with one attached hydrogen (secondary N) is 2. The fourth-order valence-corrected chi connectivity index (χ4v) is 2.12. The van der Waals surface area contributed by atoms with Crippen molar-refractivity contribution in [2.24, 2.45) is 0 Å². The number of aryl methyl sites for hydroxylation is 1. The monoisotopic (exact) mass is 326 g/mol. The highest BCUT2D eigenvalue weighted by molar-refractivity contribution is 9.10. The molecule has 1 unspecified atom stereocenters. The number of carbonyl (C=O) groups excluding carboxylic acids is 1. The first kappa shape index (κ1) is 16.0. The molecule has 0 bridgehead atoms. The number of halogens is 1. The van der Waals surface area contributed by atoms with Crippen LogP contribution < -0.4 is 10.6 Å². The second-order valence-electron chi connectivity index (χ2n) is 4.83. The molecule has 2 N–H and O–H groups in total. The standard InChI is InChI=1S/C15H23BrN2O/c1-4-5-6-9-17-15(19)12(3)18-13-8-7-11(2)14(16)10-13/h7-8,10,12,18H,4-6,9H2,1-3H3,(H,17,19). The maximum Gasteiger partial charge on any atom is 0.242 e. The minimum Gasteiger partial charge on any atom is -0.374 e. The summed E-state index contributed by atoms with van der Waals surface area (Å²) in [5, 5.41) is 6.16. The summed E-state index contributed by atoms with van der Waals surface area (Å²) in [6.07, 6.45) is 3.37. The first-order chi connectivity index (χ1) is 9.04. The zero-order valence-electron chi connectivity index (χ0n) is 11.9. The molecule has 0 aliphatic rings. The maximum atomic E-state index is 11.9.